The van der Waals surface area contributed by atoms with Gasteiger partial charge in [0.25, 0.3) is 0 Å². The summed E-state index contributed by atoms with van der Waals surface area (Å²) in [7, 11) is 0. The average molecular weight is 362 g/mol. The summed E-state index contributed by atoms with van der Waals surface area (Å²) in [5.74, 6) is -0.475. The normalized spacial score (nSPS) is 17.9. The molecule has 0 saturated carbocycles. The lowest BCUT2D eigenvalue weighted by atomic mass is 9.91. The van der Waals surface area contributed by atoms with E-state index in [-0.39, 0.29) is 11.7 Å². The summed E-state index contributed by atoms with van der Waals surface area (Å²) in [5, 5.41) is 12.2. The van der Waals surface area contributed by atoms with Crippen molar-refractivity contribution in [3.63, 3.8) is 0 Å². The molecule has 0 fully saturated rings. The predicted octanol–water partition coefficient (Wildman–Crippen LogP) is 4.77. The fraction of sp³-hybridized carbons (Fsp3) is 0.450. The van der Waals surface area contributed by atoms with Crippen molar-refractivity contribution in [1.82, 2.24) is 0 Å². The summed E-state index contributed by atoms with van der Waals surface area (Å²) in [6.07, 6.45) is 1.51. The molecular formula is C20H24ClNO3. The van der Waals surface area contributed by atoms with Crippen LogP contribution in [0.15, 0.2) is 30.3 Å². The van der Waals surface area contributed by atoms with Gasteiger partial charge in [0.1, 0.15) is 11.4 Å². The molecule has 1 aliphatic rings. The summed E-state index contributed by atoms with van der Waals surface area (Å²) >= 11 is 6.20. The number of alkyl halides is 1. The van der Waals surface area contributed by atoms with Crippen LogP contribution in [0.2, 0.25) is 0 Å². The third-order valence-corrected chi connectivity index (χ3v) is 4.76. The Morgan fingerprint density at radius 3 is 2.64 bits per heavy atom. The van der Waals surface area contributed by atoms with Crippen LogP contribution in [0.4, 0.5) is 5.69 Å². The maximum atomic E-state index is 12.8. The molecule has 2 aromatic carbocycles. The molecule has 1 heterocycles. The van der Waals surface area contributed by atoms with E-state index in [9.17, 15) is 9.90 Å². The molecule has 4 nitrogen and oxygen atoms in total. The molecule has 1 unspecified atom stereocenters. The molecule has 0 aliphatic carbocycles. The molecule has 0 radical (unpaired) electrons. The van der Waals surface area contributed by atoms with Crippen LogP contribution >= 0.6 is 11.6 Å². The standard InChI is InChI=1S/C20H24ClNO3/c1-20(2,3)25-19(24)15-9-6-10-22(12-21)18-14-8-5-4-7-13(14)17(23)11-16(15)18/h4-5,7-8,11,15,23H,6,9-10,12H2,1-3H3. The van der Waals surface area contributed by atoms with E-state index in [0.717, 1.165) is 35.0 Å². The lowest BCUT2D eigenvalue weighted by Crippen LogP contribution is -2.28. The third kappa shape index (κ3) is 3.54. The highest BCUT2D eigenvalue weighted by Crippen LogP contribution is 2.44. The van der Waals surface area contributed by atoms with Crippen molar-refractivity contribution in [2.45, 2.75) is 45.1 Å². The number of anilines is 1. The minimum absolute atomic E-state index is 0.180. The van der Waals surface area contributed by atoms with Gasteiger partial charge in [-0.2, -0.15) is 0 Å². The second kappa shape index (κ2) is 6.75. The van der Waals surface area contributed by atoms with Gasteiger partial charge in [-0.05, 0) is 45.2 Å². The zero-order chi connectivity index (χ0) is 18.2. The molecule has 1 atom stereocenters. The van der Waals surface area contributed by atoms with E-state index >= 15 is 0 Å². The number of hydrogen-bond acceptors (Lipinski definition) is 4. The molecule has 0 aromatic heterocycles. The number of aromatic hydroxyl groups is 1. The number of hydrogen-bond donors (Lipinski definition) is 1. The molecule has 1 N–H and O–H groups in total. The number of benzene rings is 2. The van der Waals surface area contributed by atoms with Gasteiger partial charge < -0.3 is 14.7 Å². The van der Waals surface area contributed by atoms with Crippen LogP contribution in [0.1, 0.15) is 45.1 Å². The fourth-order valence-electron chi connectivity index (χ4n) is 3.47. The van der Waals surface area contributed by atoms with Gasteiger partial charge in [0.15, 0.2) is 0 Å². The van der Waals surface area contributed by atoms with Crippen LogP contribution in [0.25, 0.3) is 10.8 Å². The van der Waals surface area contributed by atoms with Crippen molar-refractivity contribution in [3.05, 3.63) is 35.9 Å². The minimum Gasteiger partial charge on any atom is -0.507 e. The van der Waals surface area contributed by atoms with Gasteiger partial charge in [0, 0.05) is 23.0 Å². The van der Waals surface area contributed by atoms with Gasteiger partial charge in [-0.25, -0.2) is 0 Å². The van der Waals surface area contributed by atoms with Crippen molar-refractivity contribution >= 4 is 34.0 Å². The van der Waals surface area contributed by atoms with Gasteiger partial charge in [0.2, 0.25) is 0 Å². The maximum Gasteiger partial charge on any atom is 0.314 e. The Morgan fingerprint density at radius 2 is 2.00 bits per heavy atom. The lowest BCUT2D eigenvalue weighted by molar-refractivity contribution is -0.156. The number of carbonyl (C=O) groups is 1. The Hall–Kier alpha value is -1.94. The predicted molar refractivity (Wildman–Crippen MR) is 101 cm³/mol. The van der Waals surface area contributed by atoms with Crippen LogP contribution in [0.3, 0.4) is 0 Å². The first-order chi connectivity index (χ1) is 11.8. The molecule has 0 amide bonds. The van der Waals surface area contributed by atoms with Crippen LogP contribution < -0.4 is 4.90 Å². The number of nitrogens with zero attached hydrogens (tertiary/aromatic N) is 1. The Kier molecular flexibility index (Phi) is 4.83. The summed E-state index contributed by atoms with van der Waals surface area (Å²) in [4.78, 5) is 14.9. The Balaban J connectivity index is 2.19. The van der Waals surface area contributed by atoms with Crippen molar-refractivity contribution < 1.29 is 14.6 Å². The molecule has 0 bridgehead atoms. The first-order valence-electron chi connectivity index (χ1n) is 8.60. The minimum atomic E-state index is -0.547. The quantitative estimate of drug-likeness (QED) is 0.475. The summed E-state index contributed by atoms with van der Waals surface area (Å²) in [6.45, 7) is 6.37. The average Bonchev–Trinajstić information content (AvgIpc) is 2.73. The maximum absolute atomic E-state index is 12.8. The number of halogens is 1. The summed E-state index contributed by atoms with van der Waals surface area (Å²) in [5.41, 5.74) is 1.18. The smallest absolute Gasteiger partial charge is 0.314 e. The molecule has 2 aromatic rings. The molecule has 1 aliphatic heterocycles. The van der Waals surface area contributed by atoms with Gasteiger partial charge in [-0.3, -0.25) is 4.79 Å². The van der Waals surface area contributed by atoms with Crippen molar-refractivity contribution in [2.75, 3.05) is 17.4 Å². The highest BCUT2D eigenvalue weighted by molar-refractivity contribution is 6.19. The van der Waals surface area contributed by atoms with E-state index in [1.54, 1.807) is 6.07 Å². The first-order valence-corrected chi connectivity index (χ1v) is 9.13. The van der Waals surface area contributed by atoms with Crippen LogP contribution in [-0.2, 0) is 9.53 Å². The highest BCUT2D eigenvalue weighted by Gasteiger charge is 2.33. The Bertz CT molecular complexity index is 797. The first kappa shape index (κ1) is 17.9. The molecule has 0 spiro atoms. The van der Waals surface area contributed by atoms with E-state index in [1.807, 2.05) is 45.0 Å². The number of fused-ring (bicyclic) bond motifs is 3. The van der Waals surface area contributed by atoms with Crippen molar-refractivity contribution in [3.8, 4) is 5.75 Å². The number of phenols is 1. The van der Waals surface area contributed by atoms with E-state index in [0.29, 0.717) is 12.4 Å². The van der Waals surface area contributed by atoms with Crippen LogP contribution in [0, 0.1) is 0 Å². The highest BCUT2D eigenvalue weighted by atomic mass is 35.5. The molecule has 3 rings (SSSR count). The van der Waals surface area contributed by atoms with Crippen molar-refractivity contribution in [2.24, 2.45) is 0 Å². The van der Waals surface area contributed by atoms with Gasteiger partial charge in [-0.15, -0.1) is 11.6 Å². The molecule has 5 heteroatoms. The van der Waals surface area contributed by atoms with Crippen molar-refractivity contribution in [1.29, 1.82) is 0 Å². The van der Waals surface area contributed by atoms with E-state index in [4.69, 9.17) is 16.3 Å². The van der Waals surface area contributed by atoms with Crippen LogP contribution in [0.5, 0.6) is 5.75 Å². The molecule has 0 saturated heterocycles. The van der Waals surface area contributed by atoms with E-state index < -0.39 is 11.5 Å². The Labute approximate surface area is 153 Å². The second-order valence-corrected chi connectivity index (χ2v) is 7.73. The SMILES string of the molecule is CC(C)(C)OC(=O)C1CCCN(CCl)c2c1cc(O)c1ccccc21. The summed E-state index contributed by atoms with van der Waals surface area (Å²) in [6, 6.07) is 9.71. The summed E-state index contributed by atoms with van der Waals surface area (Å²) < 4.78 is 5.64. The van der Waals surface area contributed by atoms with Gasteiger partial charge in [-0.1, -0.05) is 24.3 Å². The second-order valence-electron chi connectivity index (χ2n) is 7.49. The zero-order valence-corrected chi connectivity index (χ0v) is 15.6. The third-order valence-electron chi connectivity index (χ3n) is 4.47. The number of rotatable bonds is 2. The molecule has 25 heavy (non-hydrogen) atoms. The van der Waals surface area contributed by atoms with Crippen LogP contribution in [-0.4, -0.2) is 29.2 Å². The lowest BCUT2D eigenvalue weighted by Gasteiger charge is -2.27. The van der Waals surface area contributed by atoms with Gasteiger partial charge in [0.05, 0.1) is 11.9 Å². The number of phenolic OH excluding ortho intramolecular Hbond substituents is 1. The largest absolute Gasteiger partial charge is 0.507 e. The van der Waals surface area contributed by atoms with E-state index in [1.165, 1.54) is 0 Å². The number of carbonyl (C=O) groups excluding carboxylic acids is 1. The number of esters is 1. The molecular weight excluding hydrogens is 338 g/mol. The monoisotopic (exact) mass is 361 g/mol. The molecule has 134 valence electrons. The zero-order valence-electron chi connectivity index (χ0n) is 14.9. The van der Waals surface area contributed by atoms with E-state index in [2.05, 4.69) is 4.90 Å². The van der Waals surface area contributed by atoms with Gasteiger partial charge >= 0.3 is 5.97 Å². The number of ether oxygens (including phenoxy) is 1. The fourth-order valence-corrected chi connectivity index (χ4v) is 3.71. The topological polar surface area (TPSA) is 49.8 Å². The Morgan fingerprint density at radius 1 is 1.32 bits per heavy atom.